The summed E-state index contributed by atoms with van der Waals surface area (Å²) >= 11 is 0. The van der Waals surface area contributed by atoms with Crippen LogP contribution in [0.25, 0.3) is 0 Å². The van der Waals surface area contributed by atoms with Gasteiger partial charge in [0.2, 0.25) is 0 Å². The number of amides is 1. The van der Waals surface area contributed by atoms with Crippen LogP contribution in [-0.4, -0.2) is 27.4 Å². The van der Waals surface area contributed by atoms with E-state index in [2.05, 4.69) is 19.2 Å². The molecule has 0 spiro atoms. The van der Waals surface area contributed by atoms with Gasteiger partial charge in [0.05, 0.1) is 10.6 Å². The van der Waals surface area contributed by atoms with Gasteiger partial charge in [-0.05, 0) is 62.1 Å². The van der Waals surface area contributed by atoms with Crippen molar-refractivity contribution in [3.8, 4) is 0 Å². The average Bonchev–Trinajstić information content (AvgIpc) is 2.66. The molecule has 1 atom stereocenters. The highest BCUT2D eigenvalue weighted by Gasteiger charge is 2.21. The summed E-state index contributed by atoms with van der Waals surface area (Å²) in [6.45, 7) is 6.29. The van der Waals surface area contributed by atoms with E-state index < -0.39 is 10.0 Å². The lowest BCUT2D eigenvalue weighted by Gasteiger charge is -2.19. The maximum absolute atomic E-state index is 12.8. The molecule has 2 rings (SSSR count). The third kappa shape index (κ3) is 5.57. The van der Waals surface area contributed by atoms with Crippen LogP contribution < -0.4 is 9.62 Å². The fourth-order valence-corrected chi connectivity index (χ4v) is 3.87. The van der Waals surface area contributed by atoms with Crippen LogP contribution >= 0.6 is 0 Å². The van der Waals surface area contributed by atoms with Gasteiger partial charge in [-0.25, -0.2) is 8.42 Å². The highest BCUT2D eigenvalue weighted by Crippen LogP contribution is 2.22. The molecule has 0 aliphatic carbocycles. The van der Waals surface area contributed by atoms with Crippen LogP contribution in [0.2, 0.25) is 0 Å². The van der Waals surface area contributed by atoms with Crippen LogP contribution in [-0.2, 0) is 10.0 Å². The largest absolute Gasteiger partial charge is 0.350 e. The molecule has 0 unspecified atom stereocenters. The van der Waals surface area contributed by atoms with E-state index in [4.69, 9.17) is 0 Å². The molecule has 6 heteroatoms. The molecule has 27 heavy (non-hydrogen) atoms. The normalized spacial score (nSPS) is 12.6. The first-order valence-electron chi connectivity index (χ1n) is 9.16. The lowest BCUT2D eigenvalue weighted by atomic mass is 10.0. The number of nitrogens with one attached hydrogen (secondary N) is 1. The zero-order valence-electron chi connectivity index (χ0n) is 16.3. The topological polar surface area (TPSA) is 66.5 Å². The Labute approximate surface area is 162 Å². The number of carbonyl (C=O) groups excluding carboxylic acids is 1. The smallest absolute Gasteiger partial charge is 0.264 e. The summed E-state index contributed by atoms with van der Waals surface area (Å²) in [7, 11) is -2.16. The Kier molecular flexibility index (Phi) is 7.02. The number of carbonyl (C=O) groups is 1. The summed E-state index contributed by atoms with van der Waals surface area (Å²) in [6, 6.07) is 15.0. The van der Waals surface area contributed by atoms with Gasteiger partial charge in [-0.2, -0.15) is 0 Å². The molecule has 0 radical (unpaired) electrons. The fourth-order valence-electron chi connectivity index (χ4n) is 2.68. The van der Waals surface area contributed by atoms with Gasteiger partial charge in [-0.1, -0.05) is 32.0 Å². The van der Waals surface area contributed by atoms with Crippen LogP contribution in [0.15, 0.2) is 59.5 Å². The molecule has 146 valence electrons. The quantitative estimate of drug-likeness (QED) is 0.741. The predicted molar refractivity (Wildman–Crippen MR) is 109 cm³/mol. The second-order valence-electron chi connectivity index (χ2n) is 7.18. The maximum Gasteiger partial charge on any atom is 0.264 e. The fraction of sp³-hybridized carbons (Fsp3) is 0.381. The molecular formula is C21H28N2O3S. The Bertz CT molecular complexity index is 847. The number of para-hydroxylation sites is 1. The molecule has 0 aliphatic heterocycles. The summed E-state index contributed by atoms with van der Waals surface area (Å²) in [6.07, 6.45) is 1.96. The second-order valence-corrected chi connectivity index (χ2v) is 9.15. The van der Waals surface area contributed by atoms with Crippen molar-refractivity contribution >= 4 is 21.6 Å². The highest BCUT2D eigenvalue weighted by molar-refractivity contribution is 7.92. The molecule has 0 saturated carbocycles. The van der Waals surface area contributed by atoms with Crippen molar-refractivity contribution in [2.45, 2.75) is 44.6 Å². The van der Waals surface area contributed by atoms with Crippen LogP contribution in [0.1, 0.15) is 44.0 Å². The number of hydrogen-bond donors (Lipinski definition) is 1. The van der Waals surface area contributed by atoms with Gasteiger partial charge in [0.25, 0.3) is 15.9 Å². The maximum atomic E-state index is 12.8. The van der Waals surface area contributed by atoms with E-state index in [-0.39, 0.29) is 16.8 Å². The van der Waals surface area contributed by atoms with Crippen LogP contribution in [0.3, 0.4) is 0 Å². The van der Waals surface area contributed by atoms with Crippen molar-refractivity contribution in [2.24, 2.45) is 5.92 Å². The van der Waals surface area contributed by atoms with Crippen LogP contribution in [0, 0.1) is 5.92 Å². The van der Waals surface area contributed by atoms with Crippen molar-refractivity contribution in [3.05, 3.63) is 60.2 Å². The van der Waals surface area contributed by atoms with Crippen LogP contribution in [0.5, 0.6) is 0 Å². The summed E-state index contributed by atoms with van der Waals surface area (Å²) in [4.78, 5) is 12.5. The molecule has 1 amide bonds. The lowest BCUT2D eigenvalue weighted by Crippen LogP contribution is -2.32. The SMILES string of the molecule is CC(C)CC[C@@H](C)NC(=O)c1ccc(S(=O)(=O)N(C)c2ccccc2)cc1. The van der Waals surface area contributed by atoms with E-state index >= 15 is 0 Å². The van der Waals surface area contributed by atoms with Gasteiger partial charge in [0, 0.05) is 18.7 Å². The van der Waals surface area contributed by atoms with Crippen molar-refractivity contribution in [1.29, 1.82) is 0 Å². The summed E-state index contributed by atoms with van der Waals surface area (Å²) in [5.74, 6) is 0.405. The van der Waals surface area contributed by atoms with Crippen molar-refractivity contribution < 1.29 is 13.2 Å². The molecule has 0 aromatic heterocycles. The number of hydrogen-bond acceptors (Lipinski definition) is 3. The first kappa shape index (κ1) is 21.0. The number of nitrogens with zero attached hydrogens (tertiary/aromatic N) is 1. The molecule has 2 aromatic carbocycles. The minimum absolute atomic E-state index is 0.0764. The molecular weight excluding hydrogens is 360 g/mol. The molecule has 5 nitrogen and oxygen atoms in total. The van der Waals surface area contributed by atoms with Crippen molar-refractivity contribution in [3.63, 3.8) is 0 Å². The Morgan fingerprint density at radius 3 is 2.11 bits per heavy atom. The van der Waals surface area contributed by atoms with Gasteiger partial charge in [0.1, 0.15) is 0 Å². The predicted octanol–water partition coefficient (Wildman–Crippen LogP) is 4.07. The number of sulfonamides is 1. The molecule has 2 aromatic rings. The van der Waals surface area contributed by atoms with E-state index in [1.807, 2.05) is 13.0 Å². The van der Waals surface area contributed by atoms with Crippen molar-refractivity contribution in [2.75, 3.05) is 11.4 Å². The third-order valence-electron chi connectivity index (χ3n) is 4.45. The molecule has 1 N–H and O–H groups in total. The van der Waals surface area contributed by atoms with Gasteiger partial charge in [0.15, 0.2) is 0 Å². The lowest BCUT2D eigenvalue weighted by molar-refractivity contribution is 0.0937. The molecule has 0 saturated heterocycles. The number of benzene rings is 2. The Balaban J connectivity index is 2.09. The zero-order valence-corrected chi connectivity index (χ0v) is 17.2. The zero-order chi connectivity index (χ0) is 20.0. The van der Waals surface area contributed by atoms with E-state index in [9.17, 15) is 13.2 Å². The highest BCUT2D eigenvalue weighted by atomic mass is 32.2. The molecule has 0 fully saturated rings. The first-order valence-corrected chi connectivity index (χ1v) is 10.6. The van der Waals surface area contributed by atoms with E-state index in [0.29, 0.717) is 17.2 Å². The van der Waals surface area contributed by atoms with E-state index in [1.54, 1.807) is 36.4 Å². The molecule has 0 aliphatic rings. The number of rotatable bonds is 8. The molecule has 0 bridgehead atoms. The standard InChI is InChI=1S/C21H28N2O3S/c1-16(2)10-11-17(3)22-21(24)18-12-14-20(15-13-18)27(25,26)23(4)19-8-6-5-7-9-19/h5-9,12-17H,10-11H2,1-4H3,(H,22,24)/t17-/m1/s1. The Morgan fingerprint density at radius 2 is 1.56 bits per heavy atom. The van der Waals surface area contributed by atoms with E-state index in [0.717, 1.165) is 12.8 Å². The minimum atomic E-state index is -3.67. The summed E-state index contributed by atoms with van der Waals surface area (Å²) in [5, 5.41) is 2.96. The van der Waals surface area contributed by atoms with Gasteiger partial charge in [-0.15, -0.1) is 0 Å². The van der Waals surface area contributed by atoms with Gasteiger partial charge >= 0.3 is 0 Å². The van der Waals surface area contributed by atoms with Gasteiger partial charge < -0.3 is 5.32 Å². The van der Waals surface area contributed by atoms with Crippen LogP contribution in [0.4, 0.5) is 5.69 Å². The molecule has 0 heterocycles. The number of anilines is 1. The first-order chi connectivity index (χ1) is 12.7. The Morgan fingerprint density at radius 1 is 0.963 bits per heavy atom. The van der Waals surface area contributed by atoms with Gasteiger partial charge in [-0.3, -0.25) is 9.10 Å². The van der Waals surface area contributed by atoms with Crippen molar-refractivity contribution in [1.82, 2.24) is 5.32 Å². The van der Waals surface area contributed by atoms with E-state index in [1.165, 1.54) is 23.5 Å². The summed E-state index contributed by atoms with van der Waals surface area (Å²) < 4.78 is 26.8. The average molecular weight is 389 g/mol. The third-order valence-corrected chi connectivity index (χ3v) is 6.25. The summed E-state index contributed by atoms with van der Waals surface area (Å²) in [5.41, 5.74) is 1.03. The second kappa shape index (κ2) is 9.04. The Hall–Kier alpha value is -2.34. The monoisotopic (exact) mass is 388 g/mol. The minimum Gasteiger partial charge on any atom is -0.350 e.